The van der Waals surface area contributed by atoms with Crippen LogP contribution in [0.2, 0.25) is 0 Å². The summed E-state index contributed by atoms with van der Waals surface area (Å²) in [6, 6.07) is 9.60. The van der Waals surface area contributed by atoms with Gasteiger partial charge in [0.25, 0.3) is 0 Å². The Kier molecular flexibility index (Phi) is 4.30. The number of carbonyl (C=O) groups excluding carboxylic acids is 1. The molecule has 0 aliphatic heterocycles. The molecule has 1 amide bonds. The standard InChI is InChI=1S/C14H17N3O2/c1-10(7-8-14(18)17-15)19-13-6-2-5-12-11(13)4-3-9-16-12/h2-6,9-10H,7-8,15H2,1H3,(H,17,18). The van der Waals surface area contributed by atoms with Crippen LogP contribution in [0.4, 0.5) is 0 Å². The third kappa shape index (κ3) is 3.42. The number of hydrazine groups is 1. The number of nitrogens with one attached hydrogen (secondary N) is 1. The molecule has 0 aliphatic carbocycles. The van der Waals surface area contributed by atoms with Crippen LogP contribution in [0.3, 0.4) is 0 Å². The first-order valence-corrected chi connectivity index (χ1v) is 6.20. The van der Waals surface area contributed by atoms with Gasteiger partial charge in [-0.2, -0.15) is 0 Å². The summed E-state index contributed by atoms with van der Waals surface area (Å²) in [7, 11) is 0. The summed E-state index contributed by atoms with van der Waals surface area (Å²) in [5, 5.41) is 0.972. The molecule has 0 bridgehead atoms. The molecule has 5 heteroatoms. The smallest absolute Gasteiger partial charge is 0.234 e. The zero-order valence-electron chi connectivity index (χ0n) is 10.8. The van der Waals surface area contributed by atoms with Gasteiger partial charge in [0.2, 0.25) is 5.91 Å². The predicted molar refractivity (Wildman–Crippen MR) is 73.4 cm³/mol. The molecule has 0 aliphatic rings. The van der Waals surface area contributed by atoms with E-state index in [-0.39, 0.29) is 12.0 Å². The number of amides is 1. The van der Waals surface area contributed by atoms with Gasteiger partial charge in [0, 0.05) is 18.0 Å². The van der Waals surface area contributed by atoms with E-state index in [0.717, 1.165) is 16.7 Å². The van der Waals surface area contributed by atoms with Crippen molar-refractivity contribution in [3.63, 3.8) is 0 Å². The fourth-order valence-electron chi connectivity index (χ4n) is 1.86. The van der Waals surface area contributed by atoms with Crippen molar-refractivity contribution in [1.82, 2.24) is 10.4 Å². The Bertz CT molecular complexity index is 566. The van der Waals surface area contributed by atoms with E-state index >= 15 is 0 Å². The fraction of sp³-hybridized carbons (Fsp3) is 0.286. The molecule has 3 N–H and O–H groups in total. The van der Waals surface area contributed by atoms with Gasteiger partial charge in [0.05, 0.1) is 11.6 Å². The highest BCUT2D eigenvalue weighted by molar-refractivity contribution is 5.84. The Hall–Kier alpha value is -2.14. The highest BCUT2D eigenvalue weighted by Gasteiger charge is 2.09. The second-order valence-electron chi connectivity index (χ2n) is 4.36. The molecule has 1 unspecified atom stereocenters. The minimum absolute atomic E-state index is 0.0666. The number of ether oxygens (including phenoxy) is 1. The van der Waals surface area contributed by atoms with E-state index in [1.54, 1.807) is 6.20 Å². The molecule has 1 aromatic heterocycles. The average molecular weight is 259 g/mol. The number of hydrogen-bond donors (Lipinski definition) is 2. The number of benzene rings is 1. The van der Waals surface area contributed by atoms with Crippen molar-refractivity contribution in [3.8, 4) is 5.75 Å². The largest absolute Gasteiger partial charge is 0.490 e. The second-order valence-corrected chi connectivity index (χ2v) is 4.36. The summed E-state index contributed by atoms with van der Waals surface area (Å²) in [5.74, 6) is 5.64. The quantitative estimate of drug-likeness (QED) is 0.487. The number of aromatic nitrogens is 1. The Balaban J connectivity index is 2.06. The normalized spacial score (nSPS) is 12.1. The average Bonchev–Trinajstić information content (AvgIpc) is 2.45. The van der Waals surface area contributed by atoms with Crippen LogP contribution < -0.4 is 16.0 Å². The van der Waals surface area contributed by atoms with Gasteiger partial charge in [-0.05, 0) is 37.6 Å². The van der Waals surface area contributed by atoms with Gasteiger partial charge in [-0.15, -0.1) is 0 Å². The van der Waals surface area contributed by atoms with Crippen molar-refractivity contribution >= 4 is 16.8 Å². The van der Waals surface area contributed by atoms with Crippen LogP contribution in [-0.2, 0) is 4.79 Å². The Labute approximate surface area is 111 Å². The molecule has 0 spiro atoms. The molecule has 2 rings (SSSR count). The molecule has 1 heterocycles. The van der Waals surface area contributed by atoms with Crippen molar-refractivity contribution in [2.75, 3.05) is 0 Å². The van der Waals surface area contributed by atoms with Crippen LogP contribution >= 0.6 is 0 Å². The van der Waals surface area contributed by atoms with Crippen LogP contribution in [0.15, 0.2) is 36.5 Å². The van der Waals surface area contributed by atoms with Crippen molar-refractivity contribution in [1.29, 1.82) is 0 Å². The van der Waals surface area contributed by atoms with Gasteiger partial charge >= 0.3 is 0 Å². The number of pyridine rings is 1. The number of nitrogens with zero attached hydrogens (tertiary/aromatic N) is 1. The van der Waals surface area contributed by atoms with E-state index in [9.17, 15) is 4.79 Å². The number of fused-ring (bicyclic) bond motifs is 1. The van der Waals surface area contributed by atoms with E-state index in [0.29, 0.717) is 12.8 Å². The summed E-state index contributed by atoms with van der Waals surface area (Å²) in [6.07, 6.45) is 2.64. The number of carbonyl (C=O) groups is 1. The van der Waals surface area contributed by atoms with Crippen LogP contribution in [0.25, 0.3) is 10.9 Å². The second kappa shape index (κ2) is 6.15. The first kappa shape index (κ1) is 13.3. The zero-order chi connectivity index (χ0) is 13.7. The van der Waals surface area contributed by atoms with Crippen molar-refractivity contribution < 1.29 is 9.53 Å². The number of rotatable bonds is 5. The Morgan fingerprint density at radius 3 is 3.05 bits per heavy atom. The molecule has 0 saturated heterocycles. The van der Waals surface area contributed by atoms with Crippen molar-refractivity contribution in [3.05, 3.63) is 36.5 Å². The third-order valence-electron chi connectivity index (χ3n) is 2.87. The first-order chi connectivity index (χ1) is 9.20. The highest BCUT2D eigenvalue weighted by Crippen LogP contribution is 2.25. The van der Waals surface area contributed by atoms with Gasteiger partial charge in [-0.3, -0.25) is 15.2 Å². The van der Waals surface area contributed by atoms with E-state index < -0.39 is 0 Å². The van der Waals surface area contributed by atoms with Gasteiger partial charge in [-0.1, -0.05) is 6.07 Å². The van der Waals surface area contributed by atoms with E-state index in [1.165, 1.54) is 0 Å². The lowest BCUT2D eigenvalue weighted by Gasteiger charge is -2.15. The van der Waals surface area contributed by atoms with Crippen LogP contribution in [0.5, 0.6) is 5.75 Å². The maximum atomic E-state index is 11.1. The molecule has 100 valence electrons. The zero-order valence-corrected chi connectivity index (χ0v) is 10.8. The molecule has 5 nitrogen and oxygen atoms in total. The monoisotopic (exact) mass is 259 g/mol. The van der Waals surface area contributed by atoms with Gasteiger partial charge in [-0.25, -0.2) is 5.84 Å². The summed E-state index contributed by atoms with van der Waals surface area (Å²) in [4.78, 5) is 15.4. The lowest BCUT2D eigenvalue weighted by Crippen LogP contribution is -2.30. The molecular weight excluding hydrogens is 242 g/mol. The molecule has 0 radical (unpaired) electrons. The maximum Gasteiger partial charge on any atom is 0.234 e. The molecule has 1 atom stereocenters. The topological polar surface area (TPSA) is 77.2 Å². The lowest BCUT2D eigenvalue weighted by molar-refractivity contribution is -0.121. The summed E-state index contributed by atoms with van der Waals surface area (Å²) in [5.41, 5.74) is 3.00. The fourth-order valence-corrected chi connectivity index (χ4v) is 1.86. The van der Waals surface area contributed by atoms with Crippen molar-refractivity contribution in [2.45, 2.75) is 25.9 Å². The van der Waals surface area contributed by atoms with Crippen molar-refractivity contribution in [2.24, 2.45) is 5.84 Å². The molecule has 19 heavy (non-hydrogen) atoms. The Morgan fingerprint density at radius 2 is 2.26 bits per heavy atom. The van der Waals surface area contributed by atoms with E-state index in [2.05, 4.69) is 10.4 Å². The predicted octanol–water partition coefficient (Wildman–Crippen LogP) is 1.77. The number of hydrogen-bond acceptors (Lipinski definition) is 4. The summed E-state index contributed by atoms with van der Waals surface area (Å²) in [6.45, 7) is 1.93. The summed E-state index contributed by atoms with van der Waals surface area (Å²) >= 11 is 0. The van der Waals surface area contributed by atoms with Gasteiger partial charge in [0.15, 0.2) is 0 Å². The lowest BCUT2D eigenvalue weighted by atomic mass is 10.2. The van der Waals surface area contributed by atoms with Crippen LogP contribution in [-0.4, -0.2) is 17.0 Å². The van der Waals surface area contributed by atoms with E-state index in [4.69, 9.17) is 10.6 Å². The van der Waals surface area contributed by atoms with Crippen LogP contribution in [0.1, 0.15) is 19.8 Å². The maximum absolute atomic E-state index is 11.1. The summed E-state index contributed by atoms with van der Waals surface area (Å²) < 4.78 is 5.86. The minimum Gasteiger partial charge on any atom is -0.490 e. The van der Waals surface area contributed by atoms with Gasteiger partial charge in [0.1, 0.15) is 5.75 Å². The molecular formula is C14H17N3O2. The third-order valence-corrected chi connectivity index (χ3v) is 2.87. The molecule has 1 aromatic carbocycles. The highest BCUT2D eigenvalue weighted by atomic mass is 16.5. The first-order valence-electron chi connectivity index (χ1n) is 6.20. The van der Waals surface area contributed by atoms with E-state index in [1.807, 2.05) is 37.3 Å². The molecule has 0 saturated carbocycles. The minimum atomic E-state index is -0.185. The van der Waals surface area contributed by atoms with Crippen LogP contribution in [0, 0.1) is 0 Å². The number of nitrogens with two attached hydrogens (primary N) is 1. The van der Waals surface area contributed by atoms with Gasteiger partial charge < -0.3 is 4.74 Å². The SMILES string of the molecule is CC(CCC(=O)NN)Oc1cccc2ncccc12. The molecule has 2 aromatic rings. The molecule has 0 fully saturated rings. The Morgan fingerprint density at radius 1 is 1.42 bits per heavy atom.